The average molecular weight is 161 g/mol. The normalized spacial score (nSPS) is 26.4. The van der Waals surface area contributed by atoms with Crippen LogP contribution >= 0.6 is 0 Å². The molecule has 0 fully saturated rings. The van der Waals surface area contributed by atoms with Crippen molar-refractivity contribution in [3.05, 3.63) is 12.3 Å². The molecule has 0 spiro atoms. The number of amidine groups is 1. The topological polar surface area (TPSA) is 54.1 Å². The monoisotopic (exact) mass is 161 g/mol. The number of amides is 1. The van der Waals surface area contributed by atoms with Crippen LogP contribution in [0.2, 0.25) is 0 Å². The van der Waals surface area contributed by atoms with Crippen molar-refractivity contribution in [2.24, 2.45) is 20.9 Å². The van der Waals surface area contributed by atoms with E-state index in [1.54, 1.807) is 25.4 Å². The lowest BCUT2D eigenvalue weighted by atomic mass is 10.0. The van der Waals surface area contributed by atoms with E-state index in [9.17, 15) is 4.79 Å². The second-order valence-corrected chi connectivity index (χ2v) is 2.63. The predicted molar refractivity (Wildman–Crippen MR) is 46.7 cm³/mol. The Balaban J connectivity index is 2.45. The van der Waals surface area contributed by atoms with E-state index >= 15 is 0 Å². The van der Waals surface area contributed by atoms with Gasteiger partial charge >= 0.3 is 0 Å². The summed E-state index contributed by atoms with van der Waals surface area (Å²) in [7, 11) is 0. The molecule has 0 saturated carbocycles. The maximum absolute atomic E-state index is 11.3. The first-order valence-corrected chi connectivity index (χ1v) is 3.65. The van der Waals surface area contributed by atoms with Crippen LogP contribution in [0.4, 0.5) is 0 Å². The molecule has 0 aliphatic carbocycles. The maximum atomic E-state index is 11.3. The van der Waals surface area contributed by atoms with Gasteiger partial charge in [-0.1, -0.05) is 0 Å². The van der Waals surface area contributed by atoms with Crippen molar-refractivity contribution in [3.63, 3.8) is 0 Å². The van der Waals surface area contributed by atoms with Gasteiger partial charge in [-0.2, -0.15) is 4.99 Å². The summed E-state index contributed by atoms with van der Waals surface area (Å²) in [6.45, 7) is 1.70. The second-order valence-electron chi connectivity index (χ2n) is 2.63. The van der Waals surface area contributed by atoms with Crippen LogP contribution in [0.3, 0.4) is 0 Å². The van der Waals surface area contributed by atoms with Crippen LogP contribution in [-0.2, 0) is 4.79 Å². The molecule has 0 aromatic carbocycles. The molecule has 2 heterocycles. The minimum atomic E-state index is -0.300. The van der Waals surface area contributed by atoms with Gasteiger partial charge in [-0.3, -0.25) is 9.79 Å². The van der Waals surface area contributed by atoms with Crippen molar-refractivity contribution in [1.82, 2.24) is 0 Å². The fourth-order valence-corrected chi connectivity index (χ4v) is 1.18. The Morgan fingerprint density at radius 2 is 2.25 bits per heavy atom. The minimum Gasteiger partial charge on any atom is -0.271 e. The number of hydrogen-bond acceptors (Lipinski definition) is 3. The number of aliphatic imine (C=N–C) groups is 3. The van der Waals surface area contributed by atoms with E-state index in [-0.39, 0.29) is 11.8 Å². The molecule has 0 aromatic heterocycles. The number of carbonyl (C=O) groups excluding carboxylic acids is 1. The summed E-state index contributed by atoms with van der Waals surface area (Å²) in [5.41, 5.74) is 0.690. The number of hydrogen-bond donors (Lipinski definition) is 0. The molecule has 0 radical (unpaired) electrons. The summed E-state index contributed by atoms with van der Waals surface area (Å²) in [6, 6.07) is 0. The molecule has 60 valence electrons. The first kappa shape index (κ1) is 7.09. The van der Waals surface area contributed by atoms with E-state index in [0.717, 1.165) is 0 Å². The van der Waals surface area contributed by atoms with Crippen LogP contribution in [0.1, 0.15) is 6.92 Å². The molecule has 2 aliphatic rings. The number of nitrogens with zero attached hydrogens (tertiary/aromatic N) is 3. The standard InChI is InChI=1S/C8H7N3O/c1-5-10-7-4-9-3-2-6(7)8(12)11-5/h2-4,6H,1H3. The van der Waals surface area contributed by atoms with Crippen LogP contribution in [0.5, 0.6) is 0 Å². The van der Waals surface area contributed by atoms with E-state index in [1.165, 1.54) is 0 Å². The summed E-state index contributed by atoms with van der Waals surface area (Å²) < 4.78 is 0. The van der Waals surface area contributed by atoms with Crippen molar-refractivity contribution < 1.29 is 4.79 Å². The zero-order valence-corrected chi connectivity index (χ0v) is 6.56. The lowest BCUT2D eigenvalue weighted by Crippen LogP contribution is -2.28. The summed E-state index contributed by atoms with van der Waals surface area (Å²) in [5.74, 6) is 0.0547. The van der Waals surface area contributed by atoms with Gasteiger partial charge in [0.15, 0.2) is 0 Å². The molecule has 2 rings (SSSR count). The molecule has 4 nitrogen and oxygen atoms in total. The maximum Gasteiger partial charge on any atom is 0.260 e. The third-order valence-electron chi connectivity index (χ3n) is 1.72. The molecule has 0 aromatic rings. The summed E-state index contributed by atoms with van der Waals surface area (Å²) >= 11 is 0. The molecule has 2 aliphatic heterocycles. The lowest BCUT2D eigenvalue weighted by molar-refractivity contribution is -0.118. The Kier molecular flexibility index (Phi) is 1.46. The molecule has 4 heteroatoms. The number of rotatable bonds is 0. The van der Waals surface area contributed by atoms with Crippen LogP contribution in [0.25, 0.3) is 0 Å². The Bertz CT molecular complexity index is 349. The molecular weight excluding hydrogens is 154 g/mol. The third kappa shape index (κ3) is 1.01. The largest absolute Gasteiger partial charge is 0.271 e. The van der Waals surface area contributed by atoms with E-state index < -0.39 is 0 Å². The second kappa shape index (κ2) is 2.48. The van der Waals surface area contributed by atoms with Crippen molar-refractivity contribution in [2.45, 2.75) is 6.92 Å². The number of fused-ring (bicyclic) bond motifs is 1. The Labute approximate surface area is 69.4 Å². The highest BCUT2D eigenvalue weighted by molar-refractivity contribution is 6.40. The highest BCUT2D eigenvalue weighted by Crippen LogP contribution is 2.13. The molecule has 0 saturated heterocycles. The fraction of sp³-hybridized carbons (Fsp3) is 0.250. The quantitative estimate of drug-likeness (QED) is 0.513. The van der Waals surface area contributed by atoms with Crippen molar-refractivity contribution >= 4 is 23.7 Å². The third-order valence-corrected chi connectivity index (χ3v) is 1.72. The fourth-order valence-electron chi connectivity index (χ4n) is 1.18. The van der Waals surface area contributed by atoms with Gasteiger partial charge in [0.2, 0.25) is 0 Å². The molecular formula is C8H7N3O. The Morgan fingerprint density at radius 3 is 3.08 bits per heavy atom. The van der Waals surface area contributed by atoms with Gasteiger partial charge in [-0.15, -0.1) is 0 Å². The molecule has 1 amide bonds. The van der Waals surface area contributed by atoms with Crippen molar-refractivity contribution in [1.29, 1.82) is 0 Å². The first-order chi connectivity index (χ1) is 5.77. The smallest absolute Gasteiger partial charge is 0.260 e. The summed E-state index contributed by atoms with van der Waals surface area (Å²) in [4.78, 5) is 23.0. The molecule has 0 bridgehead atoms. The Hall–Kier alpha value is -1.58. The van der Waals surface area contributed by atoms with Gasteiger partial charge in [0, 0.05) is 12.4 Å². The van der Waals surface area contributed by atoms with Gasteiger partial charge in [0.25, 0.3) is 5.91 Å². The molecule has 1 unspecified atom stereocenters. The zero-order chi connectivity index (χ0) is 8.55. The van der Waals surface area contributed by atoms with Crippen LogP contribution in [0.15, 0.2) is 27.3 Å². The van der Waals surface area contributed by atoms with Crippen LogP contribution in [0, 0.1) is 5.92 Å². The molecule has 0 N–H and O–H groups in total. The minimum absolute atomic E-state index is 0.153. The van der Waals surface area contributed by atoms with Gasteiger partial charge in [-0.05, 0) is 13.0 Å². The average Bonchev–Trinajstić information content (AvgIpc) is 2.04. The van der Waals surface area contributed by atoms with E-state index in [4.69, 9.17) is 0 Å². The summed E-state index contributed by atoms with van der Waals surface area (Å²) in [6.07, 6.45) is 4.90. The highest BCUT2D eigenvalue weighted by Gasteiger charge is 2.25. The van der Waals surface area contributed by atoms with Gasteiger partial charge < -0.3 is 0 Å². The lowest BCUT2D eigenvalue weighted by Gasteiger charge is -2.14. The highest BCUT2D eigenvalue weighted by atomic mass is 16.1. The van der Waals surface area contributed by atoms with E-state index in [1.807, 2.05) is 0 Å². The SMILES string of the molecule is CC1=NC(=O)C2C=CN=CC2=N1. The van der Waals surface area contributed by atoms with Gasteiger partial charge in [-0.25, -0.2) is 4.99 Å². The van der Waals surface area contributed by atoms with Crippen LogP contribution < -0.4 is 0 Å². The van der Waals surface area contributed by atoms with E-state index in [0.29, 0.717) is 11.5 Å². The predicted octanol–water partition coefficient (Wildman–Crippen LogP) is 0.600. The first-order valence-electron chi connectivity index (χ1n) is 3.65. The van der Waals surface area contributed by atoms with Crippen molar-refractivity contribution in [2.75, 3.05) is 0 Å². The molecule has 12 heavy (non-hydrogen) atoms. The van der Waals surface area contributed by atoms with E-state index in [2.05, 4.69) is 15.0 Å². The molecule has 1 atom stereocenters. The van der Waals surface area contributed by atoms with Gasteiger partial charge in [0.1, 0.15) is 11.8 Å². The van der Waals surface area contributed by atoms with Crippen molar-refractivity contribution in [3.8, 4) is 0 Å². The summed E-state index contributed by atoms with van der Waals surface area (Å²) in [5, 5.41) is 0. The number of carbonyl (C=O) groups is 1. The van der Waals surface area contributed by atoms with Gasteiger partial charge in [0.05, 0.1) is 5.71 Å². The zero-order valence-electron chi connectivity index (χ0n) is 6.56. The Morgan fingerprint density at radius 1 is 1.42 bits per heavy atom. The van der Waals surface area contributed by atoms with Crippen LogP contribution in [-0.4, -0.2) is 23.7 Å².